The number of nitrogens with zero attached hydrogens (tertiary/aromatic N) is 2. The van der Waals surface area contributed by atoms with E-state index in [0.29, 0.717) is 49.5 Å². The van der Waals surface area contributed by atoms with Crippen LogP contribution in [0.25, 0.3) is 0 Å². The molecule has 0 radical (unpaired) electrons. The fourth-order valence-electron chi connectivity index (χ4n) is 5.42. The molecular formula is C24H24ClFN2O3. The van der Waals surface area contributed by atoms with Crippen molar-refractivity contribution in [2.75, 3.05) is 24.5 Å². The number of carbonyl (C=O) groups excluding carboxylic acids is 2. The number of anilines is 1. The third-order valence-corrected chi connectivity index (χ3v) is 7.27. The monoisotopic (exact) mass is 442 g/mol. The van der Waals surface area contributed by atoms with E-state index in [4.69, 9.17) is 16.3 Å². The van der Waals surface area contributed by atoms with Crippen LogP contribution in [0.4, 0.5) is 14.9 Å². The Balaban J connectivity index is 1.39. The van der Waals surface area contributed by atoms with Gasteiger partial charge in [0, 0.05) is 23.7 Å². The van der Waals surface area contributed by atoms with Gasteiger partial charge in [0.15, 0.2) is 5.60 Å². The third-order valence-electron chi connectivity index (χ3n) is 6.96. The summed E-state index contributed by atoms with van der Waals surface area (Å²) in [6.45, 7) is 1.31. The topological polar surface area (TPSA) is 49.9 Å². The Morgan fingerprint density at radius 3 is 2.48 bits per heavy atom. The number of amides is 2. The molecule has 0 N–H and O–H groups in total. The lowest BCUT2D eigenvalue weighted by Gasteiger charge is -2.34. The van der Waals surface area contributed by atoms with Crippen LogP contribution in [-0.4, -0.2) is 42.1 Å². The van der Waals surface area contributed by atoms with E-state index >= 15 is 0 Å². The number of para-hydroxylation sites is 1. The fourth-order valence-corrected chi connectivity index (χ4v) is 5.77. The Kier molecular flexibility index (Phi) is 4.93. The maximum absolute atomic E-state index is 13.8. The van der Waals surface area contributed by atoms with Crippen LogP contribution in [0, 0.1) is 5.82 Å². The molecule has 2 saturated heterocycles. The maximum atomic E-state index is 13.8. The van der Waals surface area contributed by atoms with Crippen LogP contribution in [0.5, 0.6) is 0 Å². The van der Waals surface area contributed by atoms with Crippen LogP contribution < -0.4 is 4.90 Å². The van der Waals surface area contributed by atoms with E-state index in [0.717, 1.165) is 18.5 Å². The highest BCUT2D eigenvalue weighted by Gasteiger charge is 2.54. The van der Waals surface area contributed by atoms with Crippen molar-refractivity contribution in [3.63, 3.8) is 0 Å². The van der Waals surface area contributed by atoms with Crippen LogP contribution in [0.2, 0.25) is 5.02 Å². The molecule has 5 nitrogen and oxygen atoms in total. The molecule has 31 heavy (non-hydrogen) atoms. The Hall–Kier alpha value is -2.60. The van der Waals surface area contributed by atoms with Crippen molar-refractivity contribution in [3.8, 4) is 0 Å². The molecule has 2 aromatic carbocycles. The third kappa shape index (κ3) is 3.37. The van der Waals surface area contributed by atoms with Crippen molar-refractivity contribution in [1.29, 1.82) is 0 Å². The largest absolute Gasteiger partial charge is 0.439 e. The highest BCUT2D eigenvalue weighted by atomic mass is 35.5. The van der Waals surface area contributed by atoms with Crippen LogP contribution >= 0.6 is 11.6 Å². The molecule has 0 aromatic heterocycles. The number of rotatable bonds is 3. The second kappa shape index (κ2) is 7.52. The molecule has 162 valence electrons. The van der Waals surface area contributed by atoms with Crippen molar-refractivity contribution >= 4 is 29.3 Å². The number of hydrogen-bond acceptors (Lipinski definition) is 3. The van der Waals surface area contributed by atoms with Crippen LogP contribution in [0.1, 0.15) is 37.7 Å². The molecule has 1 spiro atoms. The zero-order valence-electron chi connectivity index (χ0n) is 17.2. The first-order valence-corrected chi connectivity index (χ1v) is 11.1. The lowest BCUT2D eigenvalue weighted by molar-refractivity contribution is -0.137. The van der Waals surface area contributed by atoms with E-state index in [1.54, 1.807) is 11.0 Å². The van der Waals surface area contributed by atoms with Gasteiger partial charge in [-0.3, -0.25) is 9.69 Å². The minimum atomic E-state index is -0.738. The summed E-state index contributed by atoms with van der Waals surface area (Å²) >= 11 is 6.39. The smallest absolute Gasteiger partial charge is 0.415 e. The number of benzene rings is 2. The normalized spacial score (nSPS) is 24.8. The van der Waals surface area contributed by atoms with Gasteiger partial charge >= 0.3 is 6.09 Å². The number of likely N-dealkylation sites (tertiary alicyclic amines) is 1. The minimum Gasteiger partial charge on any atom is -0.439 e. The van der Waals surface area contributed by atoms with Crippen LogP contribution in [0.3, 0.4) is 0 Å². The number of carbonyl (C=O) groups is 2. The van der Waals surface area contributed by atoms with E-state index < -0.39 is 16.8 Å². The molecule has 3 aliphatic rings. The fraction of sp³-hybridized carbons (Fsp3) is 0.417. The van der Waals surface area contributed by atoms with Crippen molar-refractivity contribution in [2.24, 2.45) is 0 Å². The summed E-state index contributed by atoms with van der Waals surface area (Å²) in [4.78, 5) is 29.8. The summed E-state index contributed by atoms with van der Waals surface area (Å²) < 4.78 is 19.5. The van der Waals surface area contributed by atoms with E-state index in [2.05, 4.69) is 0 Å². The van der Waals surface area contributed by atoms with Crippen LogP contribution in [-0.2, 0) is 14.9 Å². The average Bonchev–Trinajstić information content (AvgIpc) is 3.48. The van der Waals surface area contributed by atoms with Gasteiger partial charge < -0.3 is 9.64 Å². The van der Waals surface area contributed by atoms with Gasteiger partial charge in [-0.15, -0.1) is 0 Å². The van der Waals surface area contributed by atoms with Crippen molar-refractivity contribution < 1.29 is 18.7 Å². The Morgan fingerprint density at radius 1 is 1.03 bits per heavy atom. The average molecular weight is 443 g/mol. The molecule has 1 saturated carbocycles. The highest BCUT2D eigenvalue weighted by molar-refractivity contribution is 6.31. The molecule has 2 heterocycles. The quantitative estimate of drug-likeness (QED) is 0.678. The molecule has 1 aliphatic carbocycles. The Bertz CT molecular complexity index is 1020. The predicted octanol–water partition coefficient (Wildman–Crippen LogP) is 4.92. The second-order valence-electron chi connectivity index (χ2n) is 8.86. The van der Waals surface area contributed by atoms with Gasteiger partial charge in [0.25, 0.3) is 0 Å². The van der Waals surface area contributed by atoms with Gasteiger partial charge in [-0.2, -0.15) is 0 Å². The van der Waals surface area contributed by atoms with E-state index in [1.807, 2.05) is 35.2 Å². The van der Waals surface area contributed by atoms with Gasteiger partial charge in [-0.1, -0.05) is 48.7 Å². The van der Waals surface area contributed by atoms with Gasteiger partial charge in [0.05, 0.1) is 18.5 Å². The summed E-state index contributed by atoms with van der Waals surface area (Å²) in [5.41, 5.74) is 0.0559. The molecule has 1 atom stereocenters. The van der Waals surface area contributed by atoms with E-state index in [1.165, 1.54) is 12.1 Å². The maximum Gasteiger partial charge on any atom is 0.415 e. The summed E-state index contributed by atoms with van der Waals surface area (Å²) in [5, 5.41) is 0.298. The van der Waals surface area contributed by atoms with Crippen LogP contribution in [0.15, 0.2) is 48.5 Å². The van der Waals surface area contributed by atoms with Gasteiger partial charge in [0.2, 0.25) is 5.91 Å². The molecule has 0 unspecified atom stereocenters. The summed E-state index contributed by atoms with van der Waals surface area (Å²) in [6, 6.07) is 13.7. The first kappa shape index (κ1) is 20.3. The zero-order valence-corrected chi connectivity index (χ0v) is 17.9. The SMILES string of the molecule is O=C1O[C@]2(CCN(C(=O)C3(c4ccc(F)cc4Cl)CCCC3)C2)CN1c1ccccc1. The highest BCUT2D eigenvalue weighted by Crippen LogP contribution is 2.47. The molecule has 2 aliphatic heterocycles. The summed E-state index contributed by atoms with van der Waals surface area (Å²) in [5.74, 6) is -0.405. The molecule has 2 aromatic rings. The summed E-state index contributed by atoms with van der Waals surface area (Å²) in [7, 11) is 0. The molecular weight excluding hydrogens is 419 g/mol. The van der Waals surface area contributed by atoms with Gasteiger partial charge in [0.1, 0.15) is 5.82 Å². The standard InChI is InChI=1S/C24H24ClFN2O3/c25-20-14-17(26)8-9-19(20)24(10-4-5-11-24)21(29)27-13-12-23(15-27)16-28(22(30)31-23)18-6-2-1-3-7-18/h1-3,6-9,14H,4-5,10-13,15-16H2/t23-/m0/s1. The van der Waals surface area contributed by atoms with E-state index in [9.17, 15) is 14.0 Å². The lowest BCUT2D eigenvalue weighted by atomic mass is 9.77. The first-order valence-electron chi connectivity index (χ1n) is 10.7. The zero-order chi connectivity index (χ0) is 21.6. The molecule has 0 bridgehead atoms. The van der Waals surface area contributed by atoms with Crippen molar-refractivity contribution in [2.45, 2.75) is 43.1 Å². The Morgan fingerprint density at radius 2 is 1.77 bits per heavy atom. The van der Waals surface area contributed by atoms with Gasteiger partial charge in [-0.05, 0) is 42.7 Å². The summed E-state index contributed by atoms with van der Waals surface area (Å²) in [6.07, 6.45) is 3.45. The Labute approximate surface area is 185 Å². The lowest BCUT2D eigenvalue weighted by Crippen LogP contribution is -2.47. The number of ether oxygens (including phenoxy) is 1. The molecule has 3 fully saturated rings. The predicted molar refractivity (Wildman–Crippen MR) is 116 cm³/mol. The number of halogens is 2. The molecule has 7 heteroatoms. The van der Waals surface area contributed by atoms with E-state index in [-0.39, 0.29) is 12.0 Å². The first-order chi connectivity index (χ1) is 14.9. The second-order valence-corrected chi connectivity index (χ2v) is 9.27. The minimum absolute atomic E-state index is 0.00425. The number of hydrogen-bond donors (Lipinski definition) is 0. The molecule has 2 amide bonds. The van der Waals surface area contributed by atoms with Gasteiger partial charge in [-0.25, -0.2) is 9.18 Å². The molecule has 5 rings (SSSR count). The van der Waals surface area contributed by atoms with Crippen molar-refractivity contribution in [3.05, 3.63) is 64.9 Å². The van der Waals surface area contributed by atoms with Crippen molar-refractivity contribution in [1.82, 2.24) is 4.90 Å².